The molecule has 2 N–H and O–H groups in total. The fourth-order valence-corrected chi connectivity index (χ4v) is 4.37. The van der Waals surface area contributed by atoms with E-state index in [1.54, 1.807) is 0 Å². The molecular weight excluding hydrogens is 358 g/mol. The third-order valence-electron chi connectivity index (χ3n) is 5.52. The maximum atomic E-state index is 6.31. The number of nitrogens with one attached hydrogen (secondary N) is 2. The zero-order chi connectivity index (χ0) is 18.5. The summed E-state index contributed by atoms with van der Waals surface area (Å²) in [5.41, 5.74) is 5.98. The molecule has 0 amide bonds. The van der Waals surface area contributed by atoms with Crippen LogP contribution in [-0.4, -0.2) is 25.4 Å². The molecule has 0 saturated carbocycles. The van der Waals surface area contributed by atoms with Crippen molar-refractivity contribution < 1.29 is 0 Å². The number of rotatable bonds is 3. The van der Waals surface area contributed by atoms with Gasteiger partial charge in [-0.05, 0) is 36.8 Å². The number of anilines is 1. The van der Waals surface area contributed by atoms with Crippen molar-refractivity contribution in [1.82, 2.24) is 19.4 Å². The Morgan fingerprint density at radius 1 is 1.30 bits per heavy atom. The molecule has 5 nitrogen and oxygen atoms in total. The van der Waals surface area contributed by atoms with Crippen molar-refractivity contribution in [3.05, 3.63) is 58.8 Å². The van der Waals surface area contributed by atoms with Gasteiger partial charge in [-0.2, -0.15) is 0 Å². The van der Waals surface area contributed by atoms with E-state index in [0.29, 0.717) is 17.1 Å². The van der Waals surface area contributed by atoms with E-state index >= 15 is 0 Å². The van der Waals surface area contributed by atoms with Crippen LogP contribution in [0.1, 0.15) is 43.1 Å². The van der Waals surface area contributed by atoms with Gasteiger partial charge in [-0.3, -0.25) is 4.40 Å². The van der Waals surface area contributed by atoms with Crippen LogP contribution in [0.5, 0.6) is 0 Å². The Kier molecular flexibility index (Phi) is 3.86. The zero-order valence-electron chi connectivity index (χ0n) is 15.5. The number of para-hydroxylation sites is 1. The SMILES string of the molecule is CC(C)c1cnc2c(N[C@@H]3CCc4[nH]c5ccccc5c4C3)nc(Cl)cn12. The number of aromatic nitrogens is 4. The number of imidazole rings is 1. The van der Waals surface area contributed by atoms with Gasteiger partial charge >= 0.3 is 0 Å². The highest BCUT2D eigenvalue weighted by atomic mass is 35.5. The van der Waals surface area contributed by atoms with E-state index < -0.39 is 0 Å². The Morgan fingerprint density at radius 3 is 3.00 bits per heavy atom. The van der Waals surface area contributed by atoms with Gasteiger partial charge in [-0.15, -0.1) is 0 Å². The van der Waals surface area contributed by atoms with Gasteiger partial charge in [0, 0.05) is 40.7 Å². The number of halogens is 1. The number of aryl methyl sites for hydroxylation is 1. The molecule has 3 heterocycles. The maximum Gasteiger partial charge on any atom is 0.180 e. The van der Waals surface area contributed by atoms with Crippen LogP contribution in [-0.2, 0) is 12.8 Å². The Bertz CT molecular complexity index is 1140. The highest BCUT2D eigenvalue weighted by Gasteiger charge is 2.24. The van der Waals surface area contributed by atoms with Crippen LogP contribution >= 0.6 is 11.6 Å². The minimum absolute atomic E-state index is 0.311. The van der Waals surface area contributed by atoms with E-state index in [9.17, 15) is 0 Å². The average molecular weight is 380 g/mol. The predicted octanol–water partition coefficient (Wildman–Crippen LogP) is 4.96. The van der Waals surface area contributed by atoms with Gasteiger partial charge in [0.15, 0.2) is 11.5 Å². The summed E-state index contributed by atoms with van der Waals surface area (Å²) < 4.78 is 2.06. The van der Waals surface area contributed by atoms with Gasteiger partial charge in [0.1, 0.15) is 5.15 Å². The third-order valence-corrected chi connectivity index (χ3v) is 5.70. The topological polar surface area (TPSA) is 58.0 Å². The first-order valence-electron chi connectivity index (χ1n) is 9.48. The van der Waals surface area contributed by atoms with Crippen molar-refractivity contribution in [3.8, 4) is 0 Å². The van der Waals surface area contributed by atoms with Crippen molar-refractivity contribution in [1.29, 1.82) is 0 Å². The zero-order valence-corrected chi connectivity index (χ0v) is 16.2. The van der Waals surface area contributed by atoms with Gasteiger partial charge in [-0.25, -0.2) is 9.97 Å². The van der Waals surface area contributed by atoms with E-state index in [-0.39, 0.29) is 0 Å². The molecule has 0 spiro atoms. The second-order valence-corrected chi connectivity index (χ2v) is 8.04. The highest BCUT2D eigenvalue weighted by molar-refractivity contribution is 6.29. The number of benzene rings is 1. The van der Waals surface area contributed by atoms with Crippen molar-refractivity contribution in [2.45, 2.75) is 45.1 Å². The fraction of sp³-hybridized carbons (Fsp3) is 0.333. The first kappa shape index (κ1) is 16.6. The van der Waals surface area contributed by atoms with Crippen molar-refractivity contribution in [2.24, 2.45) is 0 Å². The summed E-state index contributed by atoms with van der Waals surface area (Å²) in [7, 11) is 0. The first-order chi connectivity index (χ1) is 13.1. The third kappa shape index (κ3) is 2.77. The molecule has 3 aromatic heterocycles. The van der Waals surface area contributed by atoms with Crippen LogP contribution in [0.3, 0.4) is 0 Å². The van der Waals surface area contributed by atoms with Gasteiger partial charge in [0.2, 0.25) is 0 Å². The molecule has 0 fully saturated rings. The second-order valence-electron chi connectivity index (χ2n) is 7.66. The molecule has 0 radical (unpaired) electrons. The second kappa shape index (κ2) is 6.27. The minimum Gasteiger partial charge on any atom is -0.364 e. The minimum atomic E-state index is 0.311. The molecule has 1 atom stereocenters. The largest absolute Gasteiger partial charge is 0.364 e. The summed E-state index contributed by atoms with van der Waals surface area (Å²) in [6.07, 6.45) is 6.82. The quantitative estimate of drug-likeness (QED) is 0.529. The van der Waals surface area contributed by atoms with Crippen LogP contribution in [0.25, 0.3) is 16.6 Å². The van der Waals surface area contributed by atoms with Crippen molar-refractivity contribution in [2.75, 3.05) is 5.32 Å². The molecule has 4 aromatic rings. The number of hydrogen-bond acceptors (Lipinski definition) is 3. The normalized spacial score (nSPS) is 17.0. The molecule has 138 valence electrons. The van der Waals surface area contributed by atoms with Crippen LogP contribution in [0, 0.1) is 0 Å². The van der Waals surface area contributed by atoms with Gasteiger partial charge in [0.25, 0.3) is 0 Å². The number of aromatic amines is 1. The lowest BCUT2D eigenvalue weighted by Gasteiger charge is -2.24. The molecule has 0 unspecified atom stereocenters. The molecule has 1 aromatic carbocycles. The summed E-state index contributed by atoms with van der Waals surface area (Å²) in [6, 6.07) is 8.85. The lowest BCUT2D eigenvalue weighted by molar-refractivity contribution is 0.605. The Balaban J connectivity index is 1.49. The van der Waals surface area contributed by atoms with Crippen LogP contribution < -0.4 is 5.32 Å². The first-order valence-corrected chi connectivity index (χ1v) is 9.86. The molecule has 5 rings (SSSR count). The number of H-pyrrole nitrogens is 1. The number of nitrogens with zero attached hydrogens (tertiary/aromatic N) is 3. The van der Waals surface area contributed by atoms with Crippen LogP contribution in [0.2, 0.25) is 5.15 Å². The summed E-state index contributed by atoms with van der Waals surface area (Å²) in [4.78, 5) is 12.7. The van der Waals surface area contributed by atoms with Crippen LogP contribution in [0.4, 0.5) is 5.82 Å². The van der Waals surface area contributed by atoms with E-state index in [0.717, 1.165) is 36.4 Å². The average Bonchev–Trinajstić information content (AvgIpc) is 3.23. The lowest BCUT2D eigenvalue weighted by atomic mass is 9.91. The smallest absolute Gasteiger partial charge is 0.180 e. The highest BCUT2D eigenvalue weighted by Crippen LogP contribution is 2.31. The molecule has 0 aliphatic heterocycles. The monoisotopic (exact) mass is 379 g/mol. The van der Waals surface area contributed by atoms with Crippen molar-refractivity contribution in [3.63, 3.8) is 0 Å². The molecule has 0 bridgehead atoms. The molecule has 6 heteroatoms. The Labute approximate surface area is 162 Å². The predicted molar refractivity (Wildman–Crippen MR) is 110 cm³/mol. The molecule has 1 aliphatic rings. The summed E-state index contributed by atoms with van der Waals surface area (Å²) in [5.74, 6) is 1.14. The van der Waals surface area contributed by atoms with E-state index in [1.807, 2.05) is 12.4 Å². The molecule has 27 heavy (non-hydrogen) atoms. The number of fused-ring (bicyclic) bond motifs is 4. The lowest BCUT2D eigenvalue weighted by Crippen LogP contribution is -2.28. The van der Waals surface area contributed by atoms with Gasteiger partial charge < -0.3 is 10.3 Å². The molecule has 1 aliphatic carbocycles. The van der Waals surface area contributed by atoms with E-state index in [2.05, 4.69) is 62.8 Å². The van der Waals surface area contributed by atoms with Crippen molar-refractivity contribution >= 4 is 34.0 Å². The fourth-order valence-electron chi connectivity index (χ4n) is 4.19. The van der Waals surface area contributed by atoms with Gasteiger partial charge in [-0.1, -0.05) is 43.6 Å². The Hall–Kier alpha value is -2.53. The Morgan fingerprint density at radius 2 is 2.15 bits per heavy atom. The van der Waals surface area contributed by atoms with Crippen LogP contribution in [0.15, 0.2) is 36.7 Å². The summed E-state index contributed by atoms with van der Waals surface area (Å²) >= 11 is 6.31. The maximum absolute atomic E-state index is 6.31. The van der Waals surface area contributed by atoms with E-state index in [4.69, 9.17) is 11.6 Å². The number of hydrogen-bond donors (Lipinski definition) is 2. The molecular formula is C21H22ClN5. The summed E-state index contributed by atoms with van der Waals surface area (Å²) in [6.45, 7) is 4.31. The van der Waals surface area contributed by atoms with E-state index in [1.165, 1.54) is 22.2 Å². The summed E-state index contributed by atoms with van der Waals surface area (Å²) in [5, 5.41) is 5.42. The standard InChI is InChI=1S/C21H22ClN5/c1-12(2)18-10-23-21-20(26-19(22)11-27(18)21)24-13-7-8-17-15(9-13)14-5-3-4-6-16(14)25-17/h3-6,10-13,25H,7-9H2,1-2H3,(H,24,26)/t13-/m1/s1. The molecule has 0 saturated heterocycles. The van der Waals surface area contributed by atoms with Gasteiger partial charge in [0.05, 0.1) is 0 Å².